The number of halogens is 1. The summed E-state index contributed by atoms with van der Waals surface area (Å²) >= 11 is 5.90. The van der Waals surface area contributed by atoms with E-state index in [9.17, 15) is 0 Å². The summed E-state index contributed by atoms with van der Waals surface area (Å²) in [6.45, 7) is 2.13. The fourth-order valence-corrected chi connectivity index (χ4v) is 1.46. The zero-order valence-electron chi connectivity index (χ0n) is 7.72. The average Bonchev–Trinajstić information content (AvgIpc) is 2.89. The quantitative estimate of drug-likeness (QED) is 0.720. The molecule has 0 radical (unpaired) electrons. The van der Waals surface area contributed by atoms with Gasteiger partial charge in [-0.2, -0.15) is 0 Å². The molecular formula is C11H13ClO. The second kappa shape index (κ2) is 3.59. The first kappa shape index (κ1) is 8.89. The van der Waals surface area contributed by atoms with Gasteiger partial charge in [-0.3, -0.25) is 0 Å². The van der Waals surface area contributed by atoms with Gasteiger partial charge in [0.2, 0.25) is 0 Å². The molecule has 70 valence electrons. The first-order chi connectivity index (χ1) is 6.29. The summed E-state index contributed by atoms with van der Waals surface area (Å²) < 4.78 is 5.74. The molecule has 0 aromatic heterocycles. The number of benzene rings is 1. The van der Waals surface area contributed by atoms with Crippen LogP contribution in [-0.4, -0.2) is 6.10 Å². The molecule has 0 spiro atoms. The van der Waals surface area contributed by atoms with Crippen LogP contribution in [0.4, 0.5) is 0 Å². The first-order valence-electron chi connectivity index (χ1n) is 4.74. The minimum absolute atomic E-state index is 0.448. The molecule has 0 heterocycles. The lowest BCUT2D eigenvalue weighted by Crippen LogP contribution is -1.98. The van der Waals surface area contributed by atoms with Crippen molar-refractivity contribution < 1.29 is 4.74 Å². The first-order valence-corrected chi connectivity index (χ1v) is 5.12. The van der Waals surface area contributed by atoms with Gasteiger partial charge in [0.1, 0.15) is 5.75 Å². The predicted molar refractivity (Wildman–Crippen MR) is 54.5 cm³/mol. The lowest BCUT2D eigenvalue weighted by molar-refractivity contribution is 0.300. The van der Waals surface area contributed by atoms with Gasteiger partial charge in [0.05, 0.1) is 6.10 Å². The van der Waals surface area contributed by atoms with E-state index >= 15 is 0 Å². The summed E-state index contributed by atoms with van der Waals surface area (Å²) in [5, 5.41) is 0.757. The van der Waals surface area contributed by atoms with E-state index in [-0.39, 0.29) is 0 Å². The van der Waals surface area contributed by atoms with Crippen molar-refractivity contribution in [2.24, 2.45) is 0 Å². The standard InChI is InChI=1S/C11H13ClO/c1-2-8-3-4-9(12)7-11(8)13-10-5-6-10/h3-4,7,10H,2,5-6H2,1H3. The van der Waals surface area contributed by atoms with Crippen molar-refractivity contribution in [1.82, 2.24) is 0 Å². The van der Waals surface area contributed by atoms with Crippen molar-refractivity contribution in [2.45, 2.75) is 32.3 Å². The number of rotatable bonds is 3. The maximum atomic E-state index is 5.90. The highest BCUT2D eigenvalue weighted by molar-refractivity contribution is 6.30. The Bertz CT molecular complexity index is 305. The van der Waals surface area contributed by atoms with Crippen molar-refractivity contribution in [1.29, 1.82) is 0 Å². The van der Waals surface area contributed by atoms with Crippen LogP contribution in [-0.2, 0) is 6.42 Å². The third kappa shape index (κ3) is 2.16. The van der Waals surface area contributed by atoms with Crippen molar-refractivity contribution in [2.75, 3.05) is 0 Å². The Morgan fingerprint density at radius 3 is 2.85 bits per heavy atom. The fourth-order valence-electron chi connectivity index (χ4n) is 1.30. The molecule has 0 bridgehead atoms. The van der Waals surface area contributed by atoms with E-state index in [4.69, 9.17) is 16.3 Å². The van der Waals surface area contributed by atoms with Crippen molar-refractivity contribution >= 4 is 11.6 Å². The van der Waals surface area contributed by atoms with E-state index in [0.29, 0.717) is 6.10 Å². The van der Waals surface area contributed by atoms with E-state index in [1.165, 1.54) is 18.4 Å². The summed E-state index contributed by atoms with van der Waals surface area (Å²) in [5.74, 6) is 0.970. The van der Waals surface area contributed by atoms with E-state index in [2.05, 4.69) is 6.92 Å². The second-order valence-corrected chi connectivity index (χ2v) is 3.86. The molecule has 0 saturated heterocycles. The number of hydrogen-bond donors (Lipinski definition) is 0. The Morgan fingerprint density at radius 2 is 2.23 bits per heavy atom. The van der Waals surface area contributed by atoms with Gasteiger partial charge in [0, 0.05) is 5.02 Å². The molecule has 0 aliphatic heterocycles. The molecule has 1 nitrogen and oxygen atoms in total. The van der Waals surface area contributed by atoms with E-state index < -0.39 is 0 Å². The van der Waals surface area contributed by atoms with Crippen molar-refractivity contribution in [3.05, 3.63) is 28.8 Å². The molecule has 1 aliphatic rings. The summed E-state index contributed by atoms with van der Waals surface area (Å²) in [4.78, 5) is 0. The summed E-state index contributed by atoms with van der Waals surface area (Å²) in [6, 6.07) is 5.87. The Hall–Kier alpha value is -0.690. The number of ether oxygens (including phenoxy) is 1. The van der Waals surface area contributed by atoms with Crippen LogP contribution in [0.3, 0.4) is 0 Å². The van der Waals surface area contributed by atoms with Crippen LogP contribution in [0, 0.1) is 0 Å². The molecule has 0 unspecified atom stereocenters. The lowest BCUT2D eigenvalue weighted by Gasteiger charge is -2.09. The largest absolute Gasteiger partial charge is 0.490 e. The fraction of sp³-hybridized carbons (Fsp3) is 0.455. The summed E-state index contributed by atoms with van der Waals surface area (Å²) in [7, 11) is 0. The predicted octanol–water partition coefficient (Wildman–Crippen LogP) is 3.44. The molecule has 0 N–H and O–H groups in total. The monoisotopic (exact) mass is 196 g/mol. The maximum absolute atomic E-state index is 5.90. The molecule has 1 fully saturated rings. The van der Waals surface area contributed by atoms with Gasteiger partial charge in [-0.1, -0.05) is 24.6 Å². The molecule has 2 rings (SSSR count). The topological polar surface area (TPSA) is 9.23 Å². The lowest BCUT2D eigenvalue weighted by atomic mass is 10.1. The molecule has 1 aromatic carbocycles. The second-order valence-electron chi connectivity index (χ2n) is 3.42. The molecular weight excluding hydrogens is 184 g/mol. The molecule has 1 saturated carbocycles. The molecule has 2 heteroatoms. The Balaban J connectivity index is 2.22. The van der Waals surface area contributed by atoms with Crippen LogP contribution < -0.4 is 4.74 Å². The van der Waals surface area contributed by atoms with E-state index in [1.807, 2.05) is 18.2 Å². The molecule has 13 heavy (non-hydrogen) atoms. The van der Waals surface area contributed by atoms with Gasteiger partial charge in [0.25, 0.3) is 0 Å². The minimum atomic E-state index is 0.448. The highest BCUT2D eigenvalue weighted by atomic mass is 35.5. The van der Waals surface area contributed by atoms with Crippen molar-refractivity contribution in [3.8, 4) is 5.75 Å². The third-order valence-corrected chi connectivity index (χ3v) is 2.46. The van der Waals surface area contributed by atoms with Gasteiger partial charge in [-0.25, -0.2) is 0 Å². The number of hydrogen-bond acceptors (Lipinski definition) is 1. The highest BCUT2D eigenvalue weighted by Gasteiger charge is 2.24. The van der Waals surface area contributed by atoms with Crippen LogP contribution in [0.15, 0.2) is 18.2 Å². The van der Waals surface area contributed by atoms with E-state index in [0.717, 1.165) is 17.2 Å². The van der Waals surface area contributed by atoms with Crippen LogP contribution >= 0.6 is 11.6 Å². The van der Waals surface area contributed by atoms with Gasteiger partial charge < -0.3 is 4.74 Å². The van der Waals surface area contributed by atoms with E-state index in [1.54, 1.807) is 0 Å². The van der Waals surface area contributed by atoms with Crippen LogP contribution in [0.25, 0.3) is 0 Å². The minimum Gasteiger partial charge on any atom is -0.490 e. The summed E-state index contributed by atoms with van der Waals surface area (Å²) in [6.07, 6.45) is 3.83. The Morgan fingerprint density at radius 1 is 1.46 bits per heavy atom. The zero-order valence-corrected chi connectivity index (χ0v) is 8.47. The molecule has 0 atom stereocenters. The van der Waals surface area contributed by atoms with Crippen molar-refractivity contribution in [3.63, 3.8) is 0 Å². The van der Waals surface area contributed by atoms with Gasteiger partial charge >= 0.3 is 0 Å². The van der Waals surface area contributed by atoms with Crippen LogP contribution in [0.2, 0.25) is 5.02 Å². The summed E-state index contributed by atoms with van der Waals surface area (Å²) in [5.41, 5.74) is 1.25. The Labute approximate surface area is 83.7 Å². The molecule has 1 aromatic rings. The zero-order chi connectivity index (χ0) is 9.26. The SMILES string of the molecule is CCc1ccc(Cl)cc1OC1CC1. The maximum Gasteiger partial charge on any atom is 0.124 e. The van der Waals surface area contributed by atoms with Crippen LogP contribution in [0.1, 0.15) is 25.3 Å². The molecule has 0 amide bonds. The van der Waals surface area contributed by atoms with Gasteiger partial charge in [0.15, 0.2) is 0 Å². The average molecular weight is 197 g/mol. The smallest absolute Gasteiger partial charge is 0.124 e. The third-order valence-electron chi connectivity index (χ3n) is 2.23. The van der Waals surface area contributed by atoms with Gasteiger partial charge in [-0.15, -0.1) is 0 Å². The van der Waals surface area contributed by atoms with Crippen LogP contribution in [0.5, 0.6) is 5.75 Å². The highest BCUT2D eigenvalue weighted by Crippen LogP contribution is 2.31. The van der Waals surface area contributed by atoms with Gasteiger partial charge in [-0.05, 0) is 37.0 Å². The molecule has 1 aliphatic carbocycles. The number of aryl methyl sites for hydroxylation is 1. The normalized spacial score (nSPS) is 15.8. The Kier molecular flexibility index (Phi) is 2.45.